The van der Waals surface area contributed by atoms with E-state index < -0.39 is 15.9 Å². The summed E-state index contributed by atoms with van der Waals surface area (Å²) in [5, 5.41) is 13.8. The number of benzene rings is 4. The number of hydrogen-bond acceptors (Lipinski definition) is 7. The third-order valence-corrected chi connectivity index (χ3v) is 10.6. The summed E-state index contributed by atoms with van der Waals surface area (Å²) in [5.41, 5.74) is 7.36. The minimum atomic E-state index is -3.38. The first-order valence-electron chi connectivity index (χ1n) is 14.2. The fourth-order valence-corrected chi connectivity index (χ4v) is 7.54. The zero-order chi connectivity index (χ0) is 31.6. The second kappa shape index (κ2) is 13.1. The van der Waals surface area contributed by atoms with Crippen LogP contribution in [0, 0.1) is 0 Å². The molecule has 2 N–H and O–H groups in total. The third-order valence-electron chi connectivity index (χ3n) is 7.78. The smallest absolute Gasteiger partial charge is 0.407 e. The van der Waals surface area contributed by atoms with Crippen LogP contribution in [0.15, 0.2) is 118 Å². The second-order valence-corrected chi connectivity index (χ2v) is 14.0. The highest BCUT2D eigenvalue weighted by Crippen LogP contribution is 2.45. The molecule has 0 aliphatic heterocycles. The Hall–Kier alpha value is -4.15. The van der Waals surface area contributed by atoms with Crippen molar-refractivity contribution < 1.29 is 23.1 Å². The van der Waals surface area contributed by atoms with Crippen molar-refractivity contribution in [2.75, 3.05) is 12.9 Å². The average Bonchev–Trinajstić information content (AvgIpc) is 3.37. The number of carbonyl (C=O) groups excluding carboxylic acids is 1. The van der Waals surface area contributed by atoms with Gasteiger partial charge in [-0.1, -0.05) is 96.2 Å². The molecule has 1 heterocycles. The number of carbonyl (C=O) groups is 1. The van der Waals surface area contributed by atoms with Crippen LogP contribution in [0.1, 0.15) is 28.2 Å². The minimum absolute atomic E-state index is 0.0734. The van der Waals surface area contributed by atoms with Crippen molar-refractivity contribution in [2.24, 2.45) is 0 Å². The highest BCUT2D eigenvalue weighted by atomic mass is 35.5. The maximum atomic E-state index is 13.2. The number of fused-ring (bicyclic) bond motifs is 3. The predicted molar refractivity (Wildman–Crippen MR) is 176 cm³/mol. The van der Waals surface area contributed by atoms with E-state index in [4.69, 9.17) is 16.3 Å². The standard InChI is InChI=1S/C35H29ClN2O5S2/c1-45(41,42)24-14-12-22(13-15-24)25-16-17-32(36)33(44-34-23(20-39)7-6-18-37-34)30(25)19-38-35(40)43-21-31-28-10-4-2-8-26(28)27-9-3-5-11-29(27)31/h2-18,31,39H,19-21H2,1H3,(H,38,40). The molecule has 1 aliphatic carbocycles. The van der Waals surface area contributed by atoms with E-state index in [1.807, 2.05) is 30.3 Å². The molecule has 6 rings (SSSR count). The van der Waals surface area contributed by atoms with Gasteiger partial charge in [-0.25, -0.2) is 18.2 Å². The minimum Gasteiger partial charge on any atom is -0.449 e. The SMILES string of the molecule is CS(=O)(=O)c1ccc(-c2ccc(Cl)c(Sc3ncccc3CO)c2CNC(=O)OCC2c3ccccc3-c3ccccc32)cc1. The highest BCUT2D eigenvalue weighted by Gasteiger charge is 2.29. The fourth-order valence-electron chi connectivity index (χ4n) is 5.58. The van der Waals surface area contributed by atoms with Crippen LogP contribution in [0.2, 0.25) is 5.02 Å². The summed E-state index contributed by atoms with van der Waals surface area (Å²) in [4.78, 5) is 18.5. The van der Waals surface area contributed by atoms with Crippen LogP contribution < -0.4 is 5.32 Å². The van der Waals surface area contributed by atoms with E-state index in [-0.39, 0.29) is 30.6 Å². The summed E-state index contributed by atoms with van der Waals surface area (Å²) in [6.45, 7) is 0.0441. The molecule has 0 saturated carbocycles. The number of sulfone groups is 1. The van der Waals surface area contributed by atoms with Crippen molar-refractivity contribution in [1.29, 1.82) is 0 Å². The number of ether oxygens (including phenoxy) is 1. The van der Waals surface area contributed by atoms with Gasteiger partial charge in [-0.05, 0) is 63.2 Å². The van der Waals surface area contributed by atoms with Gasteiger partial charge in [0.1, 0.15) is 11.6 Å². The number of hydrogen-bond donors (Lipinski definition) is 2. The molecule has 0 unspecified atom stereocenters. The number of alkyl carbamates (subject to hydrolysis) is 1. The second-order valence-electron chi connectivity index (χ2n) is 10.6. The van der Waals surface area contributed by atoms with Crippen molar-refractivity contribution in [3.63, 3.8) is 0 Å². The lowest BCUT2D eigenvalue weighted by atomic mass is 9.98. The zero-order valence-corrected chi connectivity index (χ0v) is 26.6. The molecule has 0 radical (unpaired) electrons. The predicted octanol–water partition coefficient (Wildman–Crippen LogP) is 7.49. The van der Waals surface area contributed by atoms with Crippen LogP contribution >= 0.6 is 23.4 Å². The highest BCUT2D eigenvalue weighted by molar-refractivity contribution is 7.99. The average molecular weight is 657 g/mol. The van der Waals surface area contributed by atoms with Gasteiger partial charge in [0.15, 0.2) is 9.84 Å². The summed E-state index contributed by atoms with van der Waals surface area (Å²) < 4.78 is 29.9. The van der Waals surface area contributed by atoms with Crippen molar-refractivity contribution in [3.05, 3.63) is 131 Å². The molecule has 0 saturated heterocycles. The monoisotopic (exact) mass is 656 g/mol. The van der Waals surface area contributed by atoms with Gasteiger partial charge in [-0.2, -0.15) is 0 Å². The Kier molecular flexibility index (Phi) is 8.96. The zero-order valence-electron chi connectivity index (χ0n) is 24.2. The van der Waals surface area contributed by atoms with E-state index in [2.05, 4.69) is 34.6 Å². The molecule has 1 aliphatic rings. The van der Waals surface area contributed by atoms with Crippen molar-refractivity contribution >= 4 is 39.3 Å². The Morgan fingerprint density at radius 3 is 2.22 bits per heavy atom. The van der Waals surface area contributed by atoms with Gasteiger partial charge >= 0.3 is 6.09 Å². The molecule has 4 aromatic carbocycles. The lowest BCUT2D eigenvalue weighted by molar-refractivity contribution is 0.142. The number of nitrogens with zero attached hydrogens (tertiary/aromatic N) is 1. The van der Waals surface area contributed by atoms with Gasteiger partial charge in [-0.15, -0.1) is 0 Å². The molecule has 0 bridgehead atoms. The molecule has 1 amide bonds. The largest absolute Gasteiger partial charge is 0.449 e. The van der Waals surface area contributed by atoms with E-state index in [0.717, 1.165) is 39.6 Å². The molecular weight excluding hydrogens is 628 g/mol. The van der Waals surface area contributed by atoms with Gasteiger partial charge in [-0.3, -0.25) is 0 Å². The van der Waals surface area contributed by atoms with Crippen molar-refractivity contribution in [3.8, 4) is 22.3 Å². The number of halogens is 1. The number of pyridine rings is 1. The molecule has 0 fully saturated rings. The van der Waals surface area contributed by atoms with E-state index >= 15 is 0 Å². The van der Waals surface area contributed by atoms with E-state index in [1.165, 1.54) is 11.8 Å². The van der Waals surface area contributed by atoms with E-state index in [1.54, 1.807) is 48.7 Å². The van der Waals surface area contributed by atoms with Crippen LogP contribution in [0.5, 0.6) is 0 Å². The van der Waals surface area contributed by atoms with E-state index in [9.17, 15) is 18.3 Å². The van der Waals surface area contributed by atoms with Crippen molar-refractivity contribution in [2.45, 2.75) is 33.9 Å². The van der Waals surface area contributed by atoms with Gasteiger partial charge in [0, 0.05) is 35.4 Å². The summed E-state index contributed by atoms with van der Waals surface area (Å²) in [7, 11) is -3.38. The van der Waals surface area contributed by atoms with E-state index in [0.29, 0.717) is 26.1 Å². The molecule has 7 nitrogen and oxygen atoms in total. The van der Waals surface area contributed by atoms with Gasteiger partial charge in [0.25, 0.3) is 0 Å². The van der Waals surface area contributed by atoms with Crippen LogP contribution in [0.3, 0.4) is 0 Å². The molecule has 0 atom stereocenters. The maximum Gasteiger partial charge on any atom is 0.407 e. The third kappa shape index (κ3) is 6.48. The Morgan fingerprint density at radius 1 is 0.911 bits per heavy atom. The molecular formula is C35H29ClN2O5S2. The number of rotatable bonds is 9. The molecule has 10 heteroatoms. The first kappa shape index (κ1) is 30.9. The maximum absolute atomic E-state index is 13.2. The Bertz CT molecular complexity index is 1950. The molecule has 45 heavy (non-hydrogen) atoms. The number of aliphatic hydroxyl groups excluding tert-OH is 1. The van der Waals surface area contributed by atoms with Gasteiger partial charge in [0.05, 0.1) is 16.5 Å². The van der Waals surface area contributed by atoms with Crippen LogP contribution in [0.4, 0.5) is 4.79 Å². The first-order valence-corrected chi connectivity index (χ1v) is 17.3. The lowest BCUT2D eigenvalue weighted by Gasteiger charge is -2.19. The molecule has 0 spiro atoms. The summed E-state index contributed by atoms with van der Waals surface area (Å²) >= 11 is 8.03. The Labute approximate surface area is 271 Å². The summed E-state index contributed by atoms with van der Waals surface area (Å²) in [6.07, 6.45) is 2.21. The summed E-state index contributed by atoms with van der Waals surface area (Å²) in [5.74, 6) is -0.0783. The Morgan fingerprint density at radius 2 is 1.58 bits per heavy atom. The normalized spacial score (nSPS) is 12.4. The van der Waals surface area contributed by atoms with Crippen LogP contribution in [-0.2, 0) is 27.7 Å². The first-order chi connectivity index (χ1) is 21.7. The van der Waals surface area contributed by atoms with Crippen LogP contribution in [-0.4, -0.2) is 37.5 Å². The quantitative estimate of drug-likeness (QED) is 0.169. The molecule has 5 aromatic rings. The number of aromatic nitrogens is 1. The molecule has 1 aromatic heterocycles. The molecule has 228 valence electrons. The lowest BCUT2D eigenvalue weighted by Crippen LogP contribution is -2.26. The van der Waals surface area contributed by atoms with Crippen molar-refractivity contribution in [1.82, 2.24) is 10.3 Å². The van der Waals surface area contributed by atoms with Gasteiger partial charge < -0.3 is 15.2 Å². The van der Waals surface area contributed by atoms with Gasteiger partial charge in [0.2, 0.25) is 0 Å². The number of nitrogens with one attached hydrogen (secondary N) is 1. The topological polar surface area (TPSA) is 106 Å². The fraction of sp³-hybridized carbons (Fsp3) is 0.143. The Balaban J connectivity index is 1.28. The number of aliphatic hydroxyl groups is 1. The van der Waals surface area contributed by atoms with Crippen LogP contribution in [0.25, 0.3) is 22.3 Å². The summed E-state index contributed by atoms with van der Waals surface area (Å²) in [6, 6.07) is 30.0. The number of amides is 1.